The van der Waals surface area contributed by atoms with Crippen molar-refractivity contribution in [1.82, 2.24) is 4.90 Å². The third kappa shape index (κ3) is 37.2. The molecule has 0 saturated carbocycles. The predicted octanol–water partition coefficient (Wildman–Crippen LogP) is 8.50. The molecule has 0 radical (unpaired) electrons. The summed E-state index contributed by atoms with van der Waals surface area (Å²) in [6.45, 7) is 7.21. The number of rotatable bonds is 18. The lowest BCUT2D eigenvalue weighted by Crippen LogP contribution is -2.20. The van der Waals surface area contributed by atoms with Gasteiger partial charge in [0.05, 0.1) is 0 Å². The summed E-state index contributed by atoms with van der Waals surface area (Å²) < 4.78 is 39.0. The zero-order valence-electron chi connectivity index (χ0n) is 18.3. The third-order valence-electron chi connectivity index (χ3n) is 4.79. The summed E-state index contributed by atoms with van der Waals surface area (Å²) in [5, 5.41) is 0. The van der Waals surface area contributed by atoms with E-state index in [9.17, 15) is 17.3 Å². The van der Waals surface area contributed by atoms with Gasteiger partial charge in [0.15, 0.2) is 0 Å². The Kier molecular flexibility index (Phi) is 23.6. The van der Waals surface area contributed by atoms with Crippen LogP contribution in [0.3, 0.4) is 0 Å². The molecule has 0 rings (SSSR count). The van der Waals surface area contributed by atoms with Gasteiger partial charge in [0.2, 0.25) is 0 Å². The highest BCUT2D eigenvalue weighted by Crippen LogP contribution is 2.10. The van der Waals surface area contributed by atoms with Gasteiger partial charge in [-0.15, -0.1) is 0 Å². The molecule has 0 atom stereocenters. The van der Waals surface area contributed by atoms with E-state index in [0.717, 1.165) is 0 Å². The van der Waals surface area contributed by atoms with Crippen molar-refractivity contribution in [3.63, 3.8) is 0 Å². The van der Waals surface area contributed by atoms with Gasteiger partial charge in [-0.1, -0.05) is 104 Å². The van der Waals surface area contributed by atoms with Crippen LogP contribution in [0.2, 0.25) is 0 Å². The molecule has 0 heterocycles. The van der Waals surface area contributed by atoms with Crippen LogP contribution in [0, 0.1) is 0 Å². The standard InChI is InChI=1S/C21H45N.BF4/c1-4-6-8-10-12-14-16-18-20-22(3)21-19-17-15-13-11-9-7-5-2;2-1(3,4)5/h4-21H2,1-3H3;/q;-1. The van der Waals surface area contributed by atoms with E-state index in [2.05, 4.69) is 25.8 Å². The Morgan fingerprint density at radius 3 is 0.963 bits per heavy atom. The molecule has 27 heavy (non-hydrogen) atoms. The Morgan fingerprint density at radius 1 is 0.481 bits per heavy atom. The summed E-state index contributed by atoms with van der Waals surface area (Å²) in [5.74, 6) is 0. The predicted molar refractivity (Wildman–Crippen MR) is 113 cm³/mol. The first-order chi connectivity index (χ1) is 12.8. The monoisotopic (exact) mass is 398 g/mol. The Hall–Kier alpha value is -0.255. The highest BCUT2D eigenvalue weighted by atomic mass is 19.5. The summed E-state index contributed by atoms with van der Waals surface area (Å²) in [6, 6.07) is 0. The number of unbranched alkanes of at least 4 members (excludes halogenated alkanes) is 14. The maximum absolute atomic E-state index is 9.75. The molecule has 0 bridgehead atoms. The van der Waals surface area contributed by atoms with Crippen molar-refractivity contribution in [2.45, 2.75) is 117 Å². The van der Waals surface area contributed by atoms with E-state index in [4.69, 9.17) is 0 Å². The maximum atomic E-state index is 9.75. The lowest BCUT2D eigenvalue weighted by Gasteiger charge is -2.16. The smallest absolute Gasteiger partial charge is 0.418 e. The van der Waals surface area contributed by atoms with Crippen LogP contribution in [0.4, 0.5) is 17.3 Å². The van der Waals surface area contributed by atoms with Gasteiger partial charge >= 0.3 is 7.25 Å². The highest BCUT2D eigenvalue weighted by Gasteiger charge is 2.20. The summed E-state index contributed by atoms with van der Waals surface area (Å²) in [4.78, 5) is 2.55. The molecule has 0 aromatic rings. The molecule has 0 aromatic carbocycles. The Labute approximate surface area is 166 Å². The zero-order chi connectivity index (χ0) is 20.8. The van der Waals surface area contributed by atoms with Crippen LogP contribution in [0.15, 0.2) is 0 Å². The van der Waals surface area contributed by atoms with Crippen LogP contribution in [0.25, 0.3) is 0 Å². The summed E-state index contributed by atoms with van der Waals surface area (Å²) in [6.07, 6.45) is 22.9. The fourth-order valence-corrected chi connectivity index (χ4v) is 3.14. The first kappa shape index (κ1) is 29.0. The van der Waals surface area contributed by atoms with Crippen molar-refractivity contribution in [3.05, 3.63) is 0 Å². The van der Waals surface area contributed by atoms with Crippen LogP contribution in [0.5, 0.6) is 0 Å². The molecule has 0 aromatic heterocycles. The second kappa shape index (κ2) is 22.0. The van der Waals surface area contributed by atoms with Crippen molar-refractivity contribution >= 4 is 7.25 Å². The first-order valence-electron chi connectivity index (χ1n) is 11.4. The topological polar surface area (TPSA) is 3.24 Å². The fourth-order valence-electron chi connectivity index (χ4n) is 3.14. The van der Waals surface area contributed by atoms with Gasteiger partial charge in [0.1, 0.15) is 0 Å². The summed E-state index contributed by atoms with van der Waals surface area (Å²) in [7, 11) is -3.69. The molecular weight excluding hydrogens is 353 g/mol. The minimum Gasteiger partial charge on any atom is -0.418 e. The van der Waals surface area contributed by atoms with Crippen LogP contribution in [-0.4, -0.2) is 32.3 Å². The normalized spacial score (nSPS) is 11.6. The van der Waals surface area contributed by atoms with Gasteiger partial charge in [-0.05, 0) is 33.0 Å². The van der Waals surface area contributed by atoms with Crippen molar-refractivity contribution in [3.8, 4) is 0 Å². The number of halogens is 4. The minimum absolute atomic E-state index is 1.31. The second-order valence-corrected chi connectivity index (χ2v) is 7.75. The van der Waals surface area contributed by atoms with E-state index in [-0.39, 0.29) is 0 Å². The average molecular weight is 398 g/mol. The van der Waals surface area contributed by atoms with Gasteiger partial charge < -0.3 is 22.2 Å². The van der Waals surface area contributed by atoms with Crippen molar-refractivity contribution < 1.29 is 17.3 Å². The second-order valence-electron chi connectivity index (χ2n) is 7.75. The molecule has 1 nitrogen and oxygen atoms in total. The van der Waals surface area contributed by atoms with Crippen molar-refractivity contribution in [2.75, 3.05) is 20.1 Å². The van der Waals surface area contributed by atoms with Crippen LogP contribution in [0.1, 0.15) is 117 Å². The lowest BCUT2D eigenvalue weighted by molar-refractivity contribution is 0.314. The molecule has 0 saturated heterocycles. The number of nitrogens with zero attached hydrogens (tertiary/aromatic N) is 1. The molecule has 0 aliphatic rings. The summed E-state index contributed by atoms with van der Waals surface area (Å²) >= 11 is 0. The van der Waals surface area contributed by atoms with E-state index in [1.165, 1.54) is 116 Å². The Bertz CT molecular complexity index is 249. The van der Waals surface area contributed by atoms with E-state index in [0.29, 0.717) is 0 Å². The fraction of sp³-hybridized carbons (Fsp3) is 1.00. The van der Waals surface area contributed by atoms with Gasteiger partial charge in [-0.2, -0.15) is 0 Å². The average Bonchev–Trinajstić information content (AvgIpc) is 2.58. The molecule has 166 valence electrons. The third-order valence-corrected chi connectivity index (χ3v) is 4.79. The zero-order valence-corrected chi connectivity index (χ0v) is 18.3. The van der Waals surface area contributed by atoms with Crippen molar-refractivity contribution in [1.29, 1.82) is 0 Å². The molecule has 0 aliphatic carbocycles. The largest absolute Gasteiger partial charge is 0.673 e. The van der Waals surface area contributed by atoms with Crippen molar-refractivity contribution in [2.24, 2.45) is 0 Å². The van der Waals surface area contributed by atoms with E-state index < -0.39 is 7.25 Å². The van der Waals surface area contributed by atoms with E-state index in [1.54, 1.807) is 0 Å². The molecule has 0 fully saturated rings. The van der Waals surface area contributed by atoms with Crippen LogP contribution in [-0.2, 0) is 0 Å². The van der Waals surface area contributed by atoms with Gasteiger partial charge in [-0.3, -0.25) is 0 Å². The van der Waals surface area contributed by atoms with Gasteiger partial charge in [-0.25, -0.2) is 0 Å². The van der Waals surface area contributed by atoms with Crippen LogP contribution < -0.4 is 0 Å². The van der Waals surface area contributed by atoms with Gasteiger partial charge in [0.25, 0.3) is 0 Å². The SMILES string of the molecule is CCCCCCCCCCN(C)CCCCCCCCCC.F[B-](F)(F)F. The Balaban J connectivity index is 0. The number of hydrogen-bond donors (Lipinski definition) is 0. The molecule has 0 N–H and O–H groups in total. The minimum atomic E-state index is -6.00. The van der Waals surface area contributed by atoms with Crippen LogP contribution >= 0.6 is 0 Å². The molecule has 0 unspecified atom stereocenters. The first-order valence-corrected chi connectivity index (χ1v) is 11.4. The summed E-state index contributed by atoms with van der Waals surface area (Å²) in [5.41, 5.74) is 0. The van der Waals surface area contributed by atoms with E-state index in [1.807, 2.05) is 0 Å². The molecule has 0 amide bonds. The molecule has 0 aliphatic heterocycles. The highest BCUT2D eigenvalue weighted by molar-refractivity contribution is 6.50. The lowest BCUT2D eigenvalue weighted by atomic mass is 10.1. The molecular formula is C21H45BF4N-. The quantitative estimate of drug-likeness (QED) is 0.127. The molecule has 6 heteroatoms. The Morgan fingerprint density at radius 2 is 0.704 bits per heavy atom. The van der Waals surface area contributed by atoms with E-state index >= 15 is 0 Å². The number of hydrogen-bond acceptors (Lipinski definition) is 1. The molecule has 0 spiro atoms. The van der Waals surface area contributed by atoms with Gasteiger partial charge in [0, 0.05) is 0 Å². The maximum Gasteiger partial charge on any atom is 0.673 e.